The first-order valence-corrected chi connectivity index (χ1v) is 11.7. The lowest BCUT2D eigenvalue weighted by atomic mass is 9.44. The van der Waals surface area contributed by atoms with Crippen LogP contribution in [0.5, 0.6) is 0 Å². The van der Waals surface area contributed by atoms with Gasteiger partial charge in [-0.05, 0) is 91.3 Å². The van der Waals surface area contributed by atoms with Gasteiger partial charge in [0.15, 0.2) is 5.79 Å². The van der Waals surface area contributed by atoms with Crippen molar-refractivity contribution in [3.63, 3.8) is 0 Å². The highest BCUT2D eigenvalue weighted by Crippen LogP contribution is 2.68. The molecule has 0 radical (unpaired) electrons. The van der Waals surface area contributed by atoms with E-state index in [0.717, 1.165) is 36.0 Å². The average Bonchev–Trinajstić information content (AvgIpc) is 2.93. The van der Waals surface area contributed by atoms with Crippen LogP contribution in [0.2, 0.25) is 0 Å². The first-order chi connectivity index (χ1) is 12.2. The predicted molar refractivity (Wildman–Crippen MR) is 106 cm³/mol. The summed E-state index contributed by atoms with van der Waals surface area (Å²) < 4.78 is 0. The standard InChI is InChI=1S/C24H42O2/c1-5-6-16(2)19-9-10-20-18-8-7-17-15-24(25,26)14-13-22(17,3)21(18)11-12-23(19,20)4/h16-21,25-26H,5-15H2,1-4H3/t16-,17?,18+,19-,20+,21+,22+,23-/m1/s1. The van der Waals surface area contributed by atoms with Crippen molar-refractivity contribution in [1.29, 1.82) is 0 Å². The molecule has 4 aliphatic rings. The third-order valence-corrected chi connectivity index (χ3v) is 10.2. The lowest BCUT2D eigenvalue weighted by molar-refractivity contribution is -0.233. The Balaban J connectivity index is 1.56. The third kappa shape index (κ3) is 2.81. The van der Waals surface area contributed by atoms with Crippen molar-refractivity contribution < 1.29 is 10.2 Å². The summed E-state index contributed by atoms with van der Waals surface area (Å²) in [4.78, 5) is 0. The van der Waals surface area contributed by atoms with Crippen LogP contribution in [0.4, 0.5) is 0 Å². The smallest absolute Gasteiger partial charge is 0.162 e. The van der Waals surface area contributed by atoms with Crippen LogP contribution in [0.3, 0.4) is 0 Å². The fraction of sp³-hybridized carbons (Fsp3) is 1.00. The maximum atomic E-state index is 10.2. The Morgan fingerprint density at radius 3 is 2.35 bits per heavy atom. The van der Waals surface area contributed by atoms with E-state index in [1.54, 1.807) is 0 Å². The minimum atomic E-state index is -1.39. The van der Waals surface area contributed by atoms with E-state index in [4.69, 9.17) is 0 Å². The maximum absolute atomic E-state index is 10.2. The molecule has 8 atom stereocenters. The Hall–Kier alpha value is -0.0800. The molecule has 0 heterocycles. The summed E-state index contributed by atoms with van der Waals surface area (Å²) in [6, 6.07) is 0. The zero-order valence-electron chi connectivity index (χ0n) is 17.6. The molecule has 4 saturated carbocycles. The highest BCUT2D eigenvalue weighted by molar-refractivity contribution is 5.10. The zero-order chi connectivity index (χ0) is 18.7. The van der Waals surface area contributed by atoms with Crippen molar-refractivity contribution in [2.45, 2.75) is 104 Å². The van der Waals surface area contributed by atoms with Crippen molar-refractivity contribution in [3.05, 3.63) is 0 Å². The van der Waals surface area contributed by atoms with Crippen molar-refractivity contribution in [1.82, 2.24) is 0 Å². The van der Waals surface area contributed by atoms with Gasteiger partial charge in [-0.1, -0.05) is 40.5 Å². The molecule has 2 heteroatoms. The van der Waals surface area contributed by atoms with E-state index in [0.29, 0.717) is 29.6 Å². The first-order valence-electron chi connectivity index (χ1n) is 11.7. The summed E-state index contributed by atoms with van der Waals surface area (Å²) in [5, 5.41) is 20.4. The molecule has 4 rings (SSSR count). The summed E-state index contributed by atoms with van der Waals surface area (Å²) >= 11 is 0. The van der Waals surface area contributed by atoms with Crippen LogP contribution in [0.25, 0.3) is 0 Å². The highest BCUT2D eigenvalue weighted by atomic mass is 16.5. The van der Waals surface area contributed by atoms with Crippen LogP contribution in [0.15, 0.2) is 0 Å². The molecular formula is C24H42O2. The van der Waals surface area contributed by atoms with Crippen LogP contribution < -0.4 is 0 Å². The van der Waals surface area contributed by atoms with E-state index in [1.807, 2.05) is 0 Å². The molecule has 0 bridgehead atoms. The number of fused-ring (bicyclic) bond motifs is 5. The fourth-order valence-electron chi connectivity index (χ4n) is 8.86. The molecule has 0 aromatic heterocycles. The Morgan fingerprint density at radius 2 is 1.62 bits per heavy atom. The van der Waals surface area contributed by atoms with E-state index >= 15 is 0 Å². The molecule has 4 fully saturated rings. The molecular weight excluding hydrogens is 320 g/mol. The van der Waals surface area contributed by atoms with Crippen molar-refractivity contribution in [2.24, 2.45) is 46.3 Å². The molecule has 0 spiro atoms. The monoisotopic (exact) mass is 362 g/mol. The Kier molecular flexibility index (Phi) is 4.79. The second kappa shape index (κ2) is 6.48. The third-order valence-electron chi connectivity index (χ3n) is 10.2. The van der Waals surface area contributed by atoms with Crippen LogP contribution in [-0.2, 0) is 0 Å². The minimum Gasteiger partial charge on any atom is -0.366 e. The second-order valence-electron chi connectivity index (χ2n) is 11.3. The SMILES string of the molecule is CCC[C@@H](C)[C@H]1CC[C@H]2[C@@H]3CCC4CC(O)(O)CC[C@]4(C)[C@H]3CC[C@]12C. The van der Waals surface area contributed by atoms with Gasteiger partial charge in [-0.3, -0.25) is 0 Å². The topological polar surface area (TPSA) is 40.5 Å². The van der Waals surface area contributed by atoms with E-state index in [9.17, 15) is 10.2 Å². The largest absolute Gasteiger partial charge is 0.366 e. The summed E-state index contributed by atoms with van der Waals surface area (Å²) in [6.07, 6.45) is 13.2. The molecule has 4 aliphatic carbocycles. The minimum absolute atomic E-state index is 0.353. The normalized spacial score (nSPS) is 51.2. The van der Waals surface area contributed by atoms with Crippen LogP contribution in [-0.4, -0.2) is 16.0 Å². The van der Waals surface area contributed by atoms with E-state index < -0.39 is 5.79 Å². The summed E-state index contributed by atoms with van der Waals surface area (Å²) in [5.41, 5.74) is 0.928. The molecule has 0 aromatic rings. The first kappa shape index (κ1) is 19.2. The van der Waals surface area contributed by atoms with Gasteiger partial charge in [0.05, 0.1) is 0 Å². The predicted octanol–water partition coefficient (Wildman–Crippen LogP) is 5.76. The van der Waals surface area contributed by atoms with E-state index in [-0.39, 0.29) is 0 Å². The highest BCUT2D eigenvalue weighted by Gasteiger charge is 2.61. The summed E-state index contributed by atoms with van der Waals surface area (Å²) in [5.74, 6) is 3.61. The lowest BCUT2D eigenvalue weighted by Crippen LogP contribution is -2.56. The van der Waals surface area contributed by atoms with Gasteiger partial charge in [0, 0.05) is 12.8 Å². The van der Waals surface area contributed by atoms with Crippen LogP contribution in [0.1, 0.15) is 98.3 Å². The summed E-state index contributed by atoms with van der Waals surface area (Å²) in [7, 11) is 0. The second-order valence-corrected chi connectivity index (χ2v) is 11.3. The molecule has 26 heavy (non-hydrogen) atoms. The van der Waals surface area contributed by atoms with Crippen LogP contribution >= 0.6 is 0 Å². The molecule has 2 nitrogen and oxygen atoms in total. The van der Waals surface area contributed by atoms with E-state index in [1.165, 1.54) is 51.4 Å². The van der Waals surface area contributed by atoms with Crippen LogP contribution in [0, 0.1) is 46.3 Å². The van der Waals surface area contributed by atoms with Gasteiger partial charge in [0.2, 0.25) is 0 Å². The van der Waals surface area contributed by atoms with Crippen molar-refractivity contribution in [3.8, 4) is 0 Å². The van der Waals surface area contributed by atoms with Gasteiger partial charge in [0.25, 0.3) is 0 Å². The molecule has 0 aliphatic heterocycles. The Morgan fingerprint density at radius 1 is 0.885 bits per heavy atom. The Labute approximate surface area is 161 Å². The van der Waals surface area contributed by atoms with Gasteiger partial charge in [-0.25, -0.2) is 0 Å². The maximum Gasteiger partial charge on any atom is 0.162 e. The zero-order valence-corrected chi connectivity index (χ0v) is 17.6. The molecule has 0 aromatic carbocycles. The number of aliphatic hydroxyl groups is 2. The molecule has 1 unspecified atom stereocenters. The number of rotatable bonds is 3. The number of hydrogen-bond donors (Lipinski definition) is 2. The van der Waals surface area contributed by atoms with Gasteiger partial charge < -0.3 is 10.2 Å². The van der Waals surface area contributed by atoms with Gasteiger partial charge in [-0.15, -0.1) is 0 Å². The molecule has 0 saturated heterocycles. The Bertz CT molecular complexity index is 528. The van der Waals surface area contributed by atoms with Crippen molar-refractivity contribution >= 4 is 0 Å². The van der Waals surface area contributed by atoms with Crippen molar-refractivity contribution in [2.75, 3.05) is 0 Å². The fourth-order valence-corrected chi connectivity index (χ4v) is 8.86. The van der Waals surface area contributed by atoms with Gasteiger partial charge in [0.1, 0.15) is 0 Å². The molecule has 150 valence electrons. The quantitative estimate of drug-likeness (QED) is 0.626. The lowest BCUT2D eigenvalue weighted by Gasteiger charge is -2.61. The molecule has 0 amide bonds. The average molecular weight is 363 g/mol. The molecule has 2 N–H and O–H groups in total. The van der Waals surface area contributed by atoms with Gasteiger partial charge >= 0.3 is 0 Å². The summed E-state index contributed by atoms with van der Waals surface area (Å²) in [6.45, 7) is 10.0. The van der Waals surface area contributed by atoms with Gasteiger partial charge in [-0.2, -0.15) is 0 Å². The van der Waals surface area contributed by atoms with E-state index in [2.05, 4.69) is 27.7 Å². The number of hydrogen-bond acceptors (Lipinski definition) is 2.